The van der Waals surface area contributed by atoms with Gasteiger partial charge in [-0.2, -0.15) is 5.10 Å². The first-order valence-electron chi connectivity index (χ1n) is 6.57. The van der Waals surface area contributed by atoms with E-state index in [-0.39, 0.29) is 17.2 Å². The molecule has 2 N–H and O–H groups in total. The van der Waals surface area contributed by atoms with Crippen LogP contribution in [0, 0.1) is 6.92 Å². The Bertz CT molecular complexity index is 674. The van der Waals surface area contributed by atoms with Gasteiger partial charge in [-0.25, -0.2) is 5.10 Å². The highest BCUT2D eigenvalue weighted by molar-refractivity contribution is 5.91. The predicted octanol–water partition coefficient (Wildman–Crippen LogP) is 1.06. The van der Waals surface area contributed by atoms with Crippen LogP contribution in [0.1, 0.15) is 21.6 Å². The highest BCUT2D eigenvalue weighted by atomic mass is 16.5. The zero-order valence-corrected chi connectivity index (χ0v) is 12.0. The summed E-state index contributed by atoms with van der Waals surface area (Å²) in [6, 6.07) is 8.58. The number of nitrogens with one attached hydrogen (secondary N) is 2. The van der Waals surface area contributed by atoms with Crippen molar-refractivity contribution in [2.24, 2.45) is 0 Å². The number of rotatable bonds is 5. The summed E-state index contributed by atoms with van der Waals surface area (Å²) < 4.78 is 5.20. The smallest absolute Gasteiger partial charge is 0.271 e. The molecule has 1 aromatic carbocycles. The lowest BCUT2D eigenvalue weighted by molar-refractivity contribution is 0.0948. The van der Waals surface area contributed by atoms with E-state index in [4.69, 9.17) is 4.74 Å². The number of benzene rings is 1. The van der Waals surface area contributed by atoms with Gasteiger partial charge in [-0.1, -0.05) is 12.1 Å². The third kappa shape index (κ3) is 3.92. The van der Waals surface area contributed by atoms with E-state index in [0.717, 1.165) is 16.9 Å². The van der Waals surface area contributed by atoms with Gasteiger partial charge in [-0.05, 0) is 36.6 Å². The van der Waals surface area contributed by atoms with Crippen LogP contribution in [0.4, 0.5) is 0 Å². The van der Waals surface area contributed by atoms with Gasteiger partial charge in [-0.15, -0.1) is 0 Å². The SMILES string of the molecule is COc1ccc(CCNC(=O)c2ccc(=O)[nH]n2)cc1C. The molecule has 2 aromatic rings. The van der Waals surface area contributed by atoms with Gasteiger partial charge in [-0.3, -0.25) is 9.59 Å². The van der Waals surface area contributed by atoms with E-state index in [9.17, 15) is 9.59 Å². The summed E-state index contributed by atoms with van der Waals surface area (Å²) in [5, 5.41) is 8.66. The Kier molecular flexibility index (Phi) is 4.71. The summed E-state index contributed by atoms with van der Waals surface area (Å²) in [6.45, 7) is 2.47. The van der Waals surface area contributed by atoms with Crippen molar-refractivity contribution < 1.29 is 9.53 Å². The molecule has 6 nitrogen and oxygen atoms in total. The molecule has 110 valence electrons. The zero-order chi connectivity index (χ0) is 15.2. The maximum atomic E-state index is 11.8. The number of methoxy groups -OCH3 is 1. The molecule has 0 aliphatic heterocycles. The molecule has 0 saturated carbocycles. The van der Waals surface area contributed by atoms with Crippen molar-refractivity contribution in [1.29, 1.82) is 0 Å². The van der Waals surface area contributed by atoms with Gasteiger partial charge in [0.25, 0.3) is 11.5 Å². The van der Waals surface area contributed by atoms with E-state index in [0.29, 0.717) is 13.0 Å². The van der Waals surface area contributed by atoms with Gasteiger partial charge < -0.3 is 10.1 Å². The standard InChI is InChI=1S/C15H17N3O3/c1-10-9-11(3-5-13(10)21-2)7-8-16-15(20)12-4-6-14(19)18-17-12/h3-6,9H,7-8H2,1-2H3,(H,16,20)(H,18,19). The maximum Gasteiger partial charge on any atom is 0.271 e. The van der Waals surface area contributed by atoms with Crippen LogP contribution in [0.15, 0.2) is 35.1 Å². The van der Waals surface area contributed by atoms with E-state index in [2.05, 4.69) is 15.5 Å². The monoisotopic (exact) mass is 287 g/mol. The number of carbonyl (C=O) groups excluding carboxylic acids is 1. The molecule has 21 heavy (non-hydrogen) atoms. The first kappa shape index (κ1) is 14.8. The minimum Gasteiger partial charge on any atom is -0.496 e. The number of hydrogen-bond acceptors (Lipinski definition) is 4. The summed E-state index contributed by atoms with van der Waals surface area (Å²) >= 11 is 0. The van der Waals surface area contributed by atoms with Crippen LogP contribution in [0.2, 0.25) is 0 Å². The van der Waals surface area contributed by atoms with Crippen LogP contribution >= 0.6 is 0 Å². The lowest BCUT2D eigenvalue weighted by Gasteiger charge is -2.08. The van der Waals surface area contributed by atoms with Crippen LogP contribution in [-0.2, 0) is 6.42 Å². The number of aryl methyl sites for hydroxylation is 1. The molecule has 1 heterocycles. The van der Waals surface area contributed by atoms with Crippen LogP contribution in [-0.4, -0.2) is 29.8 Å². The fourth-order valence-electron chi connectivity index (χ4n) is 1.98. The van der Waals surface area contributed by atoms with Gasteiger partial charge >= 0.3 is 0 Å². The van der Waals surface area contributed by atoms with Gasteiger partial charge in [0, 0.05) is 12.6 Å². The lowest BCUT2D eigenvalue weighted by Crippen LogP contribution is -2.27. The summed E-state index contributed by atoms with van der Waals surface area (Å²) in [5.74, 6) is 0.539. The Morgan fingerprint density at radius 1 is 1.33 bits per heavy atom. The molecule has 0 radical (unpaired) electrons. The van der Waals surface area contributed by atoms with Crippen molar-refractivity contribution >= 4 is 5.91 Å². The Hall–Kier alpha value is -2.63. The number of nitrogens with zero attached hydrogens (tertiary/aromatic N) is 1. The van der Waals surface area contributed by atoms with E-state index >= 15 is 0 Å². The number of ether oxygens (including phenoxy) is 1. The fraction of sp³-hybridized carbons (Fsp3) is 0.267. The zero-order valence-electron chi connectivity index (χ0n) is 12.0. The molecule has 0 spiro atoms. The first-order valence-corrected chi connectivity index (χ1v) is 6.57. The number of amides is 1. The van der Waals surface area contributed by atoms with Crippen molar-refractivity contribution in [3.05, 3.63) is 57.5 Å². The largest absolute Gasteiger partial charge is 0.496 e. The Morgan fingerprint density at radius 2 is 2.14 bits per heavy atom. The summed E-state index contributed by atoms with van der Waals surface area (Å²) in [7, 11) is 1.64. The second-order valence-electron chi connectivity index (χ2n) is 4.62. The van der Waals surface area contributed by atoms with E-state index in [1.807, 2.05) is 25.1 Å². The molecule has 0 fully saturated rings. The van der Waals surface area contributed by atoms with Crippen molar-refractivity contribution in [3.8, 4) is 5.75 Å². The van der Waals surface area contributed by atoms with Crippen LogP contribution in [0.25, 0.3) is 0 Å². The molecule has 0 aliphatic carbocycles. The van der Waals surface area contributed by atoms with E-state index in [1.54, 1.807) is 7.11 Å². The molecule has 1 amide bonds. The molecule has 6 heteroatoms. The third-order valence-electron chi connectivity index (χ3n) is 3.07. The molecule has 0 aliphatic rings. The van der Waals surface area contributed by atoms with Crippen molar-refractivity contribution in [3.63, 3.8) is 0 Å². The second-order valence-corrected chi connectivity index (χ2v) is 4.62. The Balaban J connectivity index is 1.89. The lowest BCUT2D eigenvalue weighted by atomic mass is 10.1. The maximum absolute atomic E-state index is 11.8. The molecular weight excluding hydrogens is 270 g/mol. The van der Waals surface area contributed by atoms with Gasteiger partial charge in [0.1, 0.15) is 11.4 Å². The Morgan fingerprint density at radius 3 is 2.76 bits per heavy atom. The predicted molar refractivity (Wildman–Crippen MR) is 78.6 cm³/mol. The quantitative estimate of drug-likeness (QED) is 0.861. The topological polar surface area (TPSA) is 84.1 Å². The third-order valence-corrected chi connectivity index (χ3v) is 3.07. The molecule has 0 bridgehead atoms. The van der Waals surface area contributed by atoms with Crippen LogP contribution in [0.3, 0.4) is 0 Å². The van der Waals surface area contributed by atoms with Gasteiger partial charge in [0.05, 0.1) is 7.11 Å². The molecule has 2 rings (SSSR count). The van der Waals surface area contributed by atoms with Crippen LogP contribution in [0.5, 0.6) is 5.75 Å². The number of carbonyl (C=O) groups is 1. The average Bonchev–Trinajstić information content (AvgIpc) is 2.48. The van der Waals surface area contributed by atoms with Gasteiger partial charge in [0.2, 0.25) is 0 Å². The highest BCUT2D eigenvalue weighted by Crippen LogP contribution is 2.18. The summed E-state index contributed by atoms with van der Waals surface area (Å²) in [4.78, 5) is 22.7. The number of H-pyrrole nitrogens is 1. The molecule has 0 unspecified atom stereocenters. The van der Waals surface area contributed by atoms with Crippen molar-refractivity contribution in [2.75, 3.05) is 13.7 Å². The minimum atomic E-state index is -0.333. The number of aromatic amines is 1. The van der Waals surface area contributed by atoms with E-state index in [1.165, 1.54) is 12.1 Å². The molecular formula is C15H17N3O3. The van der Waals surface area contributed by atoms with Gasteiger partial charge in [0.15, 0.2) is 0 Å². The minimum absolute atomic E-state index is 0.195. The normalized spacial score (nSPS) is 10.2. The number of hydrogen-bond donors (Lipinski definition) is 2. The van der Waals surface area contributed by atoms with Crippen LogP contribution < -0.4 is 15.6 Å². The first-order chi connectivity index (χ1) is 10.1. The van der Waals surface area contributed by atoms with Crippen molar-refractivity contribution in [1.82, 2.24) is 15.5 Å². The average molecular weight is 287 g/mol. The van der Waals surface area contributed by atoms with Crippen molar-refractivity contribution in [2.45, 2.75) is 13.3 Å². The summed E-state index contributed by atoms with van der Waals surface area (Å²) in [6.07, 6.45) is 0.708. The number of aromatic nitrogens is 2. The summed E-state index contributed by atoms with van der Waals surface area (Å²) in [5.41, 5.74) is 2.03. The molecule has 1 aromatic heterocycles. The Labute approximate surface area is 122 Å². The van der Waals surface area contributed by atoms with E-state index < -0.39 is 0 Å². The molecule has 0 saturated heterocycles. The highest BCUT2D eigenvalue weighted by Gasteiger charge is 2.06. The second kappa shape index (κ2) is 6.69. The molecule has 0 atom stereocenters. The fourth-order valence-corrected chi connectivity index (χ4v) is 1.98.